The van der Waals surface area contributed by atoms with Crippen LogP contribution in [0.15, 0.2) is 60.0 Å². The Bertz CT molecular complexity index is 1250. The van der Waals surface area contributed by atoms with E-state index in [1.807, 2.05) is 49.6 Å². The number of thiophene rings is 1. The van der Waals surface area contributed by atoms with Crippen molar-refractivity contribution in [2.24, 2.45) is 0 Å². The van der Waals surface area contributed by atoms with Crippen LogP contribution in [0.5, 0.6) is 11.5 Å². The van der Waals surface area contributed by atoms with Crippen LogP contribution in [0.2, 0.25) is 0 Å². The van der Waals surface area contributed by atoms with E-state index < -0.39 is 17.8 Å². The van der Waals surface area contributed by atoms with Gasteiger partial charge in [-0.3, -0.25) is 4.79 Å². The molecular weight excluding hydrogens is 543 g/mol. The van der Waals surface area contributed by atoms with E-state index in [4.69, 9.17) is 9.47 Å². The lowest BCUT2D eigenvalue weighted by molar-refractivity contribution is -0.137. The van der Waals surface area contributed by atoms with Crippen molar-refractivity contribution >= 4 is 29.0 Å². The molecule has 3 aromatic rings. The summed E-state index contributed by atoms with van der Waals surface area (Å²) in [6, 6.07) is 12.8. The summed E-state index contributed by atoms with van der Waals surface area (Å²) in [5, 5.41) is 4.57. The van der Waals surface area contributed by atoms with Gasteiger partial charge < -0.3 is 24.6 Å². The van der Waals surface area contributed by atoms with E-state index in [2.05, 4.69) is 5.32 Å². The fourth-order valence-electron chi connectivity index (χ4n) is 4.01. The highest BCUT2D eigenvalue weighted by Crippen LogP contribution is 2.30. The van der Waals surface area contributed by atoms with Crippen molar-refractivity contribution in [1.82, 2.24) is 9.80 Å². The predicted octanol–water partition coefficient (Wildman–Crippen LogP) is 6.69. The van der Waals surface area contributed by atoms with E-state index in [1.165, 1.54) is 28.4 Å². The molecule has 0 spiro atoms. The molecule has 0 saturated heterocycles. The van der Waals surface area contributed by atoms with E-state index in [0.29, 0.717) is 37.4 Å². The number of nitrogens with zero attached hydrogens (tertiary/aromatic N) is 2. The van der Waals surface area contributed by atoms with Crippen LogP contribution in [0.4, 0.5) is 23.7 Å². The topological polar surface area (TPSA) is 71.1 Å². The van der Waals surface area contributed by atoms with Gasteiger partial charge in [0.25, 0.3) is 0 Å². The van der Waals surface area contributed by atoms with E-state index in [0.717, 1.165) is 22.6 Å². The van der Waals surface area contributed by atoms with E-state index >= 15 is 0 Å². The third-order valence-electron chi connectivity index (χ3n) is 6.55. The normalized spacial score (nSPS) is 12.0. The molecule has 2 aromatic carbocycles. The van der Waals surface area contributed by atoms with Gasteiger partial charge in [-0.25, -0.2) is 4.79 Å². The molecule has 0 saturated carbocycles. The fraction of sp³-hybridized carbons (Fsp3) is 0.379. The Morgan fingerprint density at radius 1 is 1.02 bits per heavy atom. The number of anilines is 1. The lowest BCUT2D eigenvalue weighted by Gasteiger charge is -2.31. The second-order valence-corrected chi connectivity index (χ2v) is 10.3. The third-order valence-corrected chi connectivity index (χ3v) is 7.41. The second-order valence-electron chi connectivity index (χ2n) is 9.22. The molecule has 40 heavy (non-hydrogen) atoms. The summed E-state index contributed by atoms with van der Waals surface area (Å²) in [7, 11) is 3.13. The van der Waals surface area contributed by atoms with Crippen molar-refractivity contribution < 1.29 is 32.2 Å². The maximum absolute atomic E-state index is 13.6. The number of amides is 3. The minimum Gasteiger partial charge on any atom is -0.493 e. The molecule has 11 heteroatoms. The van der Waals surface area contributed by atoms with Gasteiger partial charge in [-0.05, 0) is 73.2 Å². The number of halogens is 3. The Balaban J connectivity index is 1.75. The maximum atomic E-state index is 13.6. The van der Waals surface area contributed by atoms with Gasteiger partial charge in [-0.2, -0.15) is 13.2 Å². The average molecular weight is 578 g/mol. The zero-order chi connectivity index (χ0) is 29.3. The van der Waals surface area contributed by atoms with Gasteiger partial charge >= 0.3 is 12.2 Å². The summed E-state index contributed by atoms with van der Waals surface area (Å²) in [5.74, 6) is 0.969. The Morgan fingerprint density at radius 2 is 1.73 bits per heavy atom. The molecule has 1 heterocycles. The molecule has 3 rings (SSSR count). The molecule has 3 amide bonds. The van der Waals surface area contributed by atoms with Crippen molar-refractivity contribution in [3.05, 3.63) is 76.0 Å². The standard InChI is InChI=1S/C29H34F3N3O4S/c1-5-20(2)35(28(37)33-23-11-9-22(10-12-23)29(30,31)32)19-27(36)34(18-24-7-6-16-40-24)15-14-21-8-13-25(38-3)26(17-21)39-4/h6-13,16-17,20H,5,14-15,18-19H2,1-4H3,(H,33,37). The van der Waals surface area contributed by atoms with Crippen LogP contribution < -0.4 is 14.8 Å². The van der Waals surface area contributed by atoms with Crippen LogP contribution in [0.1, 0.15) is 36.3 Å². The first kappa shape index (κ1) is 30.8. The largest absolute Gasteiger partial charge is 0.493 e. The fourth-order valence-corrected chi connectivity index (χ4v) is 4.73. The highest BCUT2D eigenvalue weighted by atomic mass is 32.1. The first-order valence-corrected chi connectivity index (χ1v) is 13.7. The van der Waals surface area contributed by atoms with Gasteiger partial charge in [-0.1, -0.05) is 19.1 Å². The van der Waals surface area contributed by atoms with Crippen molar-refractivity contribution in [3.63, 3.8) is 0 Å². The van der Waals surface area contributed by atoms with Crippen LogP contribution in [0.3, 0.4) is 0 Å². The third kappa shape index (κ3) is 8.38. The summed E-state index contributed by atoms with van der Waals surface area (Å²) < 4.78 is 49.4. The Kier molecular flexibility index (Phi) is 10.8. The number of benzene rings is 2. The number of hydrogen-bond donors (Lipinski definition) is 1. The number of hydrogen-bond acceptors (Lipinski definition) is 5. The zero-order valence-electron chi connectivity index (χ0n) is 23.0. The number of methoxy groups -OCH3 is 2. The van der Waals surface area contributed by atoms with Crippen LogP contribution >= 0.6 is 11.3 Å². The molecule has 1 atom stereocenters. The monoisotopic (exact) mass is 577 g/mol. The summed E-state index contributed by atoms with van der Waals surface area (Å²) >= 11 is 1.54. The molecule has 1 aromatic heterocycles. The minimum atomic E-state index is -4.47. The van der Waals surface area contributed by atoms with Gasteiger partial charge in [0.2, 0.25) is 5.91 Å². The van der Waals surface area contributed by atoms with E-state index in [9.17, 15) is 22.8 Å². The smallest absolute Gasteiger partial charge is 0.416 e. The number of urea groups is 1. The highest BCUT2D eigenvalue weighted by Gasteiger charge is 2.30. The average Bonchev–Trinajstić information content (AvgIpc) is 3.46. The second kappa shape index (κ2) is 14.1. The van der Waals surface area contributed by atoms with Gasteiger partial charge in [0.05, 0.1) is 26.3 Å². The van der Waals surface area contributed by atoms with Gasteiger partial charge in [0.15, 0.2) is 11.5 Å². The first-order chi connectivity index (χ1) is 19.0. The molecule has 1 unspecified atom stereocenters. The maximum Gasteiger partial charge on any atom is 0.416 e. The van der Waals surface area contributed by atoms with E-state index in [1.54, 1.807) is 19.1 Å². The lowest BCUT2D eigenvalue weighted by Crippen LogP contribution is -2.48. The molecule has 0 aliphatic rings. The molecule has 1 N–H and O–H groups in total. The van der Waals surface area contributed by atoms with Crippen LogP contribution in [0.25, 0.3) is 0 Å². The zero-order valence-corrected chi connectivity index (χ0v) is 23.8. The summed E-state index contributed by atoms with van der Waals surface area (Å²) in [5.41, 5.74) is 0.362. The van der Waals surface area contributed by atoms with Gasteiger partial charge in [0, 0.05) is 23.2 Å². The quantitative estimate of drug-likeness (QED) is 0.261. The highest BCUT2D eigenvalue weighted by molar-refractivity contribution is 7.09. The number of ether oxygens (including phenoxy) is 2. The molecule has 0 aliphatic heterocycles. The van der Waals surface area contributed by atoms with E-state index in [-0.39, 0.29) is 24.2 Å². The van der Waals surface area contributed by atoms with Gasteiger partial charge in [0.1, 0.15) is 6.54 Å². The molecular formula is C29H34F3N3O4S. The van der Waals surface area contributed by atoms with Crippen molar-refractivity contribution in [2.45, 2.75) is 45.5 Å². The Hall–Kier alpha value is -3.73. The summed E-state index contributed by atoms with van der Waals surface area (Å²) in [6.45, 7) is 4.33. The number of alkyl halides is 3. The van der Waals surface area contributed by atoms with Crippen molar-refractivity contribution in [1.29, 1.82) is 0 Å². The molecule has 0 radical (unpaired) electrons. The van der Waals surface area contributed by atoms with Gasteiger partial charge in [-0.15, -0.1) is 11.3 Å². The molecule has 0 bridgehead atoms. The number of nitrogens with one attached hydrogen (secondary N) is 1. The predicted molar refractivity (Wildman–Crippen MR) is 150 cm³/mol. The van der Waals surface area contributed by atoms with Crippen molar-refractivity contribution in [2.75, 3.05) is 32.6 Å². The Labute approximate surface area is 236 Å². The van der Waals surface area contributed by atoms with Crippen molar-refractivity contribution in [3.8, 4) is 11.5 Å². The molecule has 0 fully saturated rings. The first-order valence-electron chi connectivity index (χ1n) is 12.8. The Morgan fingerprint density at radius 3 is 2.30 bits per heavy atom. The SMILES string of the molecule is CCC(C)N(CC(=O)N(CCc1ccc(OC)c(OC)c1)Cc1cccs1)C(=O)Nc1ccc(C(F)(F)F)cc1. The molecule has 0 aliphatic carbocycles. The molecule has 7 nitrogen and oxygen atoms in total. The number of rotatable bonds is 12. The van der Waals surface area contributed by atoms with Crippen LogP contribution in [0, 0.1) is 0 Å². The lowest BCUT2D eigenvalue weighted by atomic mass is 10.1. The van der Waals surface area contributed by atoms with Crippen LogP contribution in [-0.4, -0.2) is 55.1 Å². The minimum absolute atomic E-state index is 0.182. The van der Waals surface area contributed by atoms with Crippen LogP contribution in [-0.2, 0) is 23.9 Å². The molecule has 216 valence electrons. The summed E-state index contributed by atoms with van der Waals surface area (Å²) in [4.78, 5) is 30.9. The number of carbonyl (C=O) groups is 2. The summed E-state index contributed by atoms with van der Waals surface area (Å²) in [6.07, 6.45) is -3.33. The number of carbonyl (C=O) groups excluding carboxylic acids is 2.